The normalized spacial score (nSPS) is 10.8. The number of thiophene rings is 1. The summed E-state index contributed by atoms with van der Waals surface area (Å²) in [6.07, 6.45) is 1.93. The number of nitrogens with one attached hydrogen (secondary N) is 1. The number of carbonyl (C=O) groups is 1. The predicted molar refractivity (Wildman–Crippen MR) is 86.1 cm³/mol. The van der Waals surface area contributed by atoms with Gasteiger partial charge in [0.15, 0.2) is 0 Å². The molecular formula is C16H17N3O2S. The number of nitrogens with zero attached hydrogens (tertiary/aromatic N) is 2. The molecule has 3 rings (SSSR count). The van der Waals surface area contributed by atoms with Crippen LogP contribution >= 0.6 is 11.3 Å². The van der Waals surface area contributed by atoms with E-state index in [1.807, 2.05) is 41.4 Å². The van der Waals surface area contributed by atoms with E-state index in [0.29, 0.717) is 24.4 Å². The lowest BCUT2D eigenvalue weighted by Crippen LogP contribution is -2.27. The maximum Gasteiger partial charge on any atom is 0.254 e. The van der Waals surface area contributed by atoms with Crippen molar-refractivity contribution in [1.29, 1.82) is 0 Å². The lowest BCUT2D eigenvalue weighted by atomic mass is 10.2. The third-order valence-electron chi connectivity index (χ3n) is 3.33. The highest BCUT2D eigenvalue weighted by Gasteiger charge is 2.12. The molecule has 0 aliphatic heterocycles. The molecule has 0 fully saturated rings. The number of aryl methyl sites for hydroxylation is 2. The molecule has 0 bridgehead atoms. The van der Waals surface area contributed by atoms with Crippen LogP contribution in [0.3, 0.4) is 0 Å². The Kier molecular flexibility index (Phi) is 4.11. The molecule has 0 unspecified atom stereocenters. The average molecular weight is 315 g/mol. The molecule has 0 spiro atoms. The van der Waals surface area contributed by atoms with Crippen molar-refractivity contribution in [2.45, 2.75) is 20.4 Å². The highest BCUT2D eigenvalue weighted by atomic mass is 32.1. The predicted octanol–water partition coefficient (Wildman–Crippen LogP) is 3.25. The average Bonchev–Trinajstić information content (AvgIpc) is 3.19. The number of hydrogen-bond donors (Lipinski definition) is 1. The molecule has 3 aromatic heterocycles. The molecule has 0 aliphatic carbocycles. The van der Waals surface area contributed by atoms with E-state index >= 15 is 0 Å². The summed E-state index contributed by atoms with van der Waals surface area (Å²) in [4.78, 5) is 13.2. The minimum absolute atomic E-state index is 0.111. The number of rotatable bonds is 5. The van der Waals surface area contributed by atoms with Crippen molar-refractivity contribution in [3.8, 4) is 10.6 Å². The van der Waals surface area contributed by atoms with Gasteiger partial charge >= 0.3 is 0 Å². The van der Waals surface area contributed by atoms with Gasteiger partial charge in [-0.3, -0.25) is 9.48 Å². The Bertz CT molecular complexity index is 771. The van der Waals surface area contributed by atoms with Crippen molar-refractivity contribution in [3.63, 3.8) is 0 Å². The highest BCUT2D eigenvalue weighted by Crippen LogP contribution is 2.22. The molecule has 6 heteroatoms. The van der Waals surface area contributed by atoms with Gasteiger partial charge in [0.1, 0.15) is 17.2 Å². The van der Waals surface area contributed by atoms with Crippen molar-refractivity contribution in [2.75, 3.05) is 6.54 Å². The quantitative estimate of drug-likeness (QED) is 0.786. The largest absolute Gasteiger partial charge is 0.466 e. The molecular weight excluding hydrogens is 298 g/mol. The Balaban J connectivity index is 1.55. The highest BCUT2D eigenvalue weighted by molar-refractivity contribution is 7.13. The Hall–Kier alpha value is -2.34. The first-order valence-corrected chi connectivity index (χ1v) is 7.94. The fourth-order valence-electron chi connectivity index (χ4n) is 2.28. The van der Waals surface area contributed by atoms with Crippen LogP contribution in [0, 0.1) is 13.8 Å². The van der Waals surface area contributed by atoms with Crippen molar-refractivity contribution < 1.29 is 9.21 Å². The summed E-state index contributed by atoms with van der Waals surface area (Å²) in [5, 5.41) is 9.42. The van der Waals surface area contributed by atoms with Crippen molar-refractivity contribution in [1.82, 2.24) is 15.1 Å². The minimum Gasteiger partial charge on any atom is -0.466 e. The van der Waals surface area contributed by atoms with Crippen LogP contribution in [-0.2, 0) is 6.54 Å². The van der Waals surface area contributed by atoms with Gasteiger partial charge in [-0.25, -0.2) is 0 Å². The van der Waals surface area contributed by atoms with Gasteiger partial charge in [0.25, 0.3) is 5.91 Å². The molecule has 0 atom stereocenters. The van der Waals surface area contributed by atoms with Gasteiger partial charge in [0.2, 0.25) is 0 Å². The summed E-state index contributed by atoms with van der Waals surface area (Å²) in [7, 11) is 0. The smallest absolute Gasteiger partial charge is 0.254 e. The maximum atomic E-state index is 12.1. The lowest BCUT2D eigenvalue weighted by Gasteiger charge is -2.04. The molecule has 3 heterocycles. The number of aromatic nitrogens is 2. The summed E-state index contributed by atoms with van der Waals surface area (Å²) in [5.74, 6) is 1.28. The molecule has 1 amide bonds. The second-order valence-corrected chi connectivity index (χ2v) is 5.97. The first kappa shape index (κ1) is 14.6. The van der Waals surface area contributed by atoms with Gasteiger partial charge in [-0.15, -0.1) is 11.3 Å². The van der Waals surface area contributed by atoms with E-state index in [9.17, 15) is 4.79 Å². The molecule has 0 saturated carbocycles. The van der Waals surface area contributed by atoms with E-state index in [2.05, 4.69) is 10.4 Å². The zero-order valence-electron chi connectivity index (χ0n) is 12.5. The number of amides is 1. The third kappa shape index (κ3) is 3.12. The molecule has 1 N–H and O–H groups in total. The number of carbonyl (C=O) groups excluding carboxylic acids is 1. The standard InChI is InChI=1S/C16H17N3O2S/c1-11-10-13(12(2)21-11)16(20)17-6-8-19-7-5-14(18-19)15-4-3-9-22-15/h3-5,7,9-10H,6,8H2,1-2H3,(H,17,20). The fourth-order valence-corrected chi connectivity index (χ4v) is 2.97. The molecule has 0 saturated heterocycles. The molecule has 0 aromatic carbocycles. The topological polar surface area (TPSA) is 60.1 Å². The van der Waals surface area contributed by atoms with Crippen molar-refractivity contribution >= 4 is 17.2 Å². The van der Waals surface area contributed by atoms with Gasteiger partial charge in [-0.1, -0.05) is 6.07 Å². The second-order valence-electron chi connectivity index (χ2n) is 5.02. The molecule has 22 heavy (non-hydrogen) atoms. The third-order valence-corrected chi connectivity index (χ3v) is 4.22. The molecule has 0 aliphatic rings. The minimum atomic E-state index is -0.111. The Morgan fingerprint density at radius 1 is 1.41 bits per heavy atom. The van der Waals surface area contributed by atoms with Crippen molar-refractivity contribution in [2.24, 2.45) is 0 Å². The SMILES string of the molecule is Cc1cc(C(=O)NCCn2ccc(-c3cccs3)n2)c(C)o1. The van der Waals surface area contributed by atoms with Gasteiger partial charge in [-0.2, -0.15) is 5.10 Å². The van der Waals surface area contributed by atoms with Crippen LogP contribution in [0.1, 0.15) is 21.9 Å². The molecule has 5 nitrogen and oxygen atoms in total. The molecule has 3 aromatic rings. The van der Waals surface area contributed by atoms with Crippen LogP contribution in [0.2, 0.25) is 0 Å². The van der Waals surface area contributed by atoms with E-state index < -0.39 is 0 Å². The Labute approximate surface area is 132 Å². The molecule has 114 valence electrons. The van der Waals surface area contributed by atoms with Crippen LogP contribution in [0.25, 0.3) is 10.6 Å². The van der Waals surface area contributed by atoms with E-state index in [0.717, 1.165) is 16.3 Å². The summed E-state index contributed by atoms with van der Waals surface area (Å²) in [6.45, 7) is 4.78. The first-order valence-electron chi connectivity index (χ1n) is 7.06. The summed E-state index contributed by atoms with van der Waals surface area (Å²) in [5.41, 5.74) is 1.56. The second kappa shape index (κ2) is 6.19. The van der Waals surface area contributed by atoms with Crippen LogP contribution in [-0.4, -0.2) is 22.2 Å². The summed E-state index contributed by atoms with van der Waals surface area (Å²) in [6, 6.07) is 7.79. The van der Waals surface area contributed by atoms with Gasteiger partial charge in [0, 0.05) is 12.7 Å². The Morgan fingerprint density at radius 2 is 2.27 bits per heavy atom. The van der Waals surface area contributed by atoms with E-state index in [1.54, 1.807) is 24.3 Å². The van der Waals surface area contributed by atoms with Crippen LogP contribution in [0.15, 0.2) is 40.3 Å². The molecule has 0 radical (unpaired) electrons. The van der Waals surface area contributed by atoms with E-state index in [4.69, 9.17) is 4.42 Å². The first-order chi connectivity index (χ1) is 10.6. The van der Waals surface area contributed by atoms with Gasteiger partial charge in [-0.05, 0) is 37.4 Å². The maximum absolute atomic E-state index is 12.1. The summed E-state index contributed by atoms with van der Waals surface area (Å²) < 4.78 is 7.20. The lowest BCUT2D eigenvalue weighted by molar-refractivity contribution is 0.0950. The van der Waals surface area contributed by atoms with Crippen LogP contribution in [0.5, 0.6) is 0 Å². The van der Waals surface area contributed by atoms with Crippen LogP contribution in [0.4, 0.5) is 0 Å². The fraction of sp³-hybridized carbons (Fsp3) is 0.250. The Morgan fingerprint density at radius 3 is 2.95 bits per heavy atom. The summed E-state index contributed by atoms with van der Waals surface area (Å²) >= 11 is 1.66. The van der Waals surface area contributed by atoms with Gasteiger partial charge in [0.05, 0.1) is 17.0 Å². The zero-order valence-corrected chi connectivity index (χ0v) is 13.3. The number of furan rings is 1. The van der Waals surface area contributed by atoms with E-state index in [1.165, 1.54) is 0 Å². The van der Waals surface area contributed by atoms with Gasteiger partial charge < -0.3 is 9.73 Å². The van der Waals surface area contributed by atoms with Crippen LogP contribution < -0.4 is 5.32 Å². The monoisotopic (exact) mass is 315 g/mol. The van der Waals surface area contributed by atoms with Crippen molar-refractivity contribution in [3.05, 3.63) is 52.9 Å². The van der Waals surface area contributed by atoms with E-state index in [-0.39, 0.29) is 5.91 Å². The zero-order chi connectivity index (χ0) is 15.5. The number of hydrogen-bond acceptors (Lipinski definition) is 4.